The highest BCUT2D eigenvalue weighted by Gasteiger charge is 2.10. The first kappa shape index (κ1) is 12.1. The van der Waals surface area contributed by atoms with Crippen LogP contribution in [0, 0.1) is 0 Å². The smallest absolute Gasteiger partial charge is 0.137 e. The number of methoxy groups -OCH3 is 2. The molecule has 1 atom stereocenters. The maximum absolute atomic E-state index is 5.98. The van der Waals surface area contributed by atoms with Gasteiger partial charge in [-0.25, -0.2) is 0 Å². The second kappa shape index (κ2) is 5.24. The van der Waals surface area contributed by atoms with E-state index in [2.05, 4.69) is 0 Å². The normalized spacial score (nSPS) is 12.3. The third-order valence-corrected chi connectivity index (χ3v) is 2.39. The van der Waals surface area contributed by atoms with Crippen molar-refractivity contribution in [1.82, 2.24) is 0 Å². The van der Waals surface area contributed by atoms with Gasteiger partial charge >= 0.3 is 0 Å². The number of halogens is 1. The first-order chi connectivity index (χ1) is 7.08. The molecule has 1 aromatic carbocycles. The number of hydrogen-bond acceptors (Lipinski definition) is 3. The van der Waals surface area contributed by atoms with Gasteiger partial charge in [0.1, 0.15) is 11.5 Å². The maximum Gasteiger partial charge on any atom is 0.137 e. The van der Waals surface area contributed by atoms with Crippen molar-refractivity contribution in [1.29, 1.82) is 0 Å². The third kappa shape index (κ3) is 3.01. The molecule has 3 nitrogen and oxygen atoms in total. The van der Waals surface area contributed by atoms with Gasteiger partial charge in [0.25, 0.3) is 0 Å². The van der Waals surface area contributed by atoms with Gasteiger partial charge in [-0.1, -0.05) is 11.6 Å². The Balaban J connectivity index is 3.10. The zero-order valence-electron chi connectivity index (χ0n) is 9.21. The Hall–Kier alpha value is -0.930. The summed E-state index contributed by atoms with van der Waals surface area (Å²) in [5.74, 6) is 1.39. The Morgan fingerprint density at radius 3 is 2.33 bits per heavy atom. The summed E-state index contributed by atoms with van der Waals surface area (Å²) in [7, 11) is 3.20. The molecule has 0 aliphatic carbocycles. The van der Waals surface area contributed by atoms with Gasteiger partial charge in [0.05, 0.1) is 19.2 Å². The van der Waals surface area contributed by atoms with Crippen molar-refractivity contribution < 1.29 is 9.47 Å². The lowest BCUT2D eigenvalue weighted by molar-refractivity contribution is 0.398. The Labute approximate surface area is 95.1 Å². The summed E-state index contributed by atoms with van der Waals surface area (Å²) in [4.78, 5) is 0. The van der Waals surface area contributed by atoms with E-state index >= 15 is 0 Å². The fourth-order valence-corrected chi connectivity index (χ4v) is 1.66. The molecule has 0 aromatic heterocycles. The van der Waals surface area contributed by atoms with E-state index in [-0.39, 0.29) is 6.04 Å². The lowest BCUT2D eigenvalue weighted by Gasteiger charge is -2.13. The number of hydrogen-bond donors (Lipinski definition) is 1. The highest BCUT2D eigenvalue weighted by molar-refractivity contribution is 6.32. The Bertz CT molecular complexity index is 340. The van der Waals surface area contributed by atoms with Gasteiger partial charge in [0.15, 0.2) is 0 Å². The van der Waals surface area contributed by atoms with Gasteiger partial charge in [-0.3, -0.25) is 0 Å². The van der Waals surface area contributed by atoms with Crippen LogP contribution >= 0.6 is 11.6 Å². The van der Waals surface area contributed by atoms with E-state index in [0.29, 0.717) is 10.8 Å². The SMILES string of the molecule is COc1cc(C[C@H](C)N)c(OC)cc1Cl. The molecule has 0 bridgehead atoms. The number of ether oxygens (including phenoxy) is 2. The van der Waals surface area contributed by atoms with Crippen molar-refractivity contribution >= 4 is 11.6 Å². The largest absolute Gasteiger partial charge is 0.496 e. The van der Waals surface area contributed by atoms with E-state index in [1.807, 2.05) is 13.0 Å². The van der Waals surface area contributed by atoms with Crippen LogP contribution in [0.5, 0.6) is 11.5 Å². The van der Waals surface area contributed by atoms with E-state index in [0.717, 1.165) is 17.7 Å². The Kier molecular flexibility index (Phi) is 4.24. The molecule has 2 N–H and O–H groups in total. The van der Waals surface area contributed by atoms with Crippen LogP contribution in [-0.2, 0) is 6.42 Å². The predicted molar refractivity (Wildman–Crippen MR) is 61.9 cm³/mol. The lowest BCUT2D eigenvalue weighted by atomic mass is 10.1. The number of benzene rings is 1. The highest BCUT2D eigenvalue weighted by atomic mass is 35.5. The van der Waals surface area contributed by atoms with E-state index in [1.54, 1.807) is 20.3 Å². The fourth-order valence-electron chi connectivity index (χ4n) is 1.43. The molecule has 1 aromatic rings. The van der Waals surface area contributed by atoms with Crippen LogP contribution in [0.15, 0.2) is 12.1 Å². The molecule has 0 aliphatic rings. The average Bonchev–Trinajstić information content (AvgIpc) is 2.19. The van der Waals surface area contributed by atoms with Gasteiger partial charge in [0, 0.05) is 12.1 Å². The summed E-state index contributed by atoms with van der Waals surface area (Å²) < 4.78 is 10.4. The van der Waals surface area contributed by atoms with Crippen LogP contribution < -0.4 is 15.2 Å². The first-order valence-corrected chi connectivity index (χ1v) is 5.12. The first-order valence-electron chi connectivity index (χ1n) is 4.74. The molecule has 1 rings (SSSR count). The van der Waals surface area contributed by atoms with Crippen molar-refractivity contribution in [3.05, 3.63) is 22.7 Å². The second-order valence-corrected chi connectivity index (χ2v) is 3.89. The van der Waals surface area contributed by atoms with Crippen LogP contribution in [-0.4, -0.2) is 20.3 Å². The average molecular weight is 230 g/mol. The van der Waals surface area contributed by atoms with Gasteiger partial charge < -0.3 is 15.2 Å². The molecule has 0 saturated carbocycles. The minimum atomic E-state index is 0.0739. The topological polar surface area (TPSA) is 44.5 Å². The molecular formula is C11H16ClNO2. The van der Waals surface area contributed by atoms with Crippen molar-refractivity contribution in [2.45, 2.75) is 19.4 Å². The lowest BCUT2D eigenvalue weighted by Crippen LogP contribution is -2.18. The van der Waals surface area contributed by atoms with Gasteiger partial charge in [0.2, 0.25) is 0 Å². The van der Waals surface area contributed by atoms with E-state index in [9.17, 15) is 0 Å². The Morgan fingerprint density at radius 2 is 1.87 bits per heavy atom. The molecule has 0 aliphatic heterocycles. The zero-order chi connectivity index (χ0) is 11.4. The van der Waals surface area contributed by atoms with Crippen molar-refractivity contribution in [2.75, 3.05) is 14.2 Å². The molecule has 0 spiro atoms. The van der Waals surface area contributed by atoms with Crippen LogP contribution in [0.2, 0.25) is 5.02 Å². The van der Waals surface area contributed by atoms with Gasteiger partial charge in [-0.15, -0.1) is 0 Å². The van der Waals surface area contributed by atoms with Crippen LogP contribution in [0.1, 0.15) is 12.5 Å². The van der Waals surface area contributed by atoms with Gasteiger partial charge in [-0.05, 0) is 25.0 Å². The van der Waals surface area contributed by atoms with Crippen LogP contribution in [0.3, 0.4) is 0 Å². The summed E-state index contributed by atoms with van der Waals surface area (Å²) in [6.07, 6.45) is 0.733. The molecule has 15 heavy (non-hydrogen) atoms. The minimum Gasteiger partial charge on any atom is -0.496 e. The fraction of sp³-hybridized carbons (Fsp3) is 0.455. The highest BCUT2D eigenvalue weighted by Crippen LogP contribution is 2.32. The molecule has 0 radical (unpaired) electrons. The molecule has 0 unspecified atom stereocenters. The van der Waals surface area contributed by atoms with Crippen LogP contribution in [0.25, 0.3) is 0 Å². The molecule has 84 valence electrons. The quantitative estimate of drug-likeness (QED) is 0.861. The zero-order valence-corrected chi connectivity index (χ0v) is 9.97. The van der Waals surface area contributed by atoms with Gasteiger partial charge in [-0.2, -0.15) is 0 Å². The standard InChI is InChI=1S/C11H16ClNO2/c1-7(13)4-8-5-11(15-3)9(12)6-10(8)14-2/h5-7H,4,13H2,1-3H3/t7-/m0/s1. The maximum atomic E-state index is 5.98. The molecule has 0 fully saturated rings. The van der Waals surface area contributed by atoms with E-state index in [1.165, 1.54) is 0 Å². The van der Waals surface area contributed by atoms with Crippen molar-refractivity contribution in [2.24, 2.45) is 5.73 Å². The summed E-state index contributed by atoms with van der Waals surface area (Å²) in [6.45, 7) is 1.94. The predicted octanol–water partition coefficient (Wildman–Crippen LogP) is 2.25. The Morgan fingerprint density at radius 1 is 1.27 bits per heavy atom. The summed E-state index contributed by atoms with van der Waals surface area (Å²) in [5.41, 5.74) is 6.76. The molecular weight excluding hydrogens is 214 g/mol. The minimum absolute atomic E-state index is 0.0739. The molecule has 0 saturated heterocycles. The monoisotopic (exact) mass is 229 g/mol. The molecule has 4 heteroatoms. The summed E-state index contributed by atoms with van der Waals surface area (Å²) in [6, 6.07) is 3.69. The van der Waals surface area contributed by atoms with E-state index < -0.39 is 0 Å². The van der Waals surface area contributed by atoms with E-state index in [4.69, 9.17) is 26.8 Å². The number of rotatable bonds is 4. The second-order valence-electron chi connectivity index (χ2n) is 3.48. The summed E-state index contributed by atoms with van der Waals surface area (Å²) >= 11 is 5.98. The van der Waals surface area contributed by atoms with Crippen molar-refractivity contribution in [3.63, 3.8) is 0 Å². The molecule has 0 heterocycles. The molecule has 0 amide bonds. The summed E-state index contributed by atoms with van der Waals surface area (Å²) in [5, 5.41) is 0.544. The third-order valence-electron chi connectivity index (χ3n) is 2.10. The van der Waals surface area contributed by atoms with Crippen LogP contribution in [0.4, 0.5) is 0 Å². The van der Waals surface area contributed by atoms with Crippen molar-refractivity contribution in [3.8, 4) is 11.5 Å². The number of nitrogens with two attached hydrogens (primary N) is 1.